The third-order valence-electron chi connectivity index (χ3n) is 4.44. The maximum absolute atomic E-state index is 12.1. The third kappa shape index (κ3) is 8.21. The van der Waals surface area contributed by atoms with Crippen LogP contribution >= 0.6 is 0 Å². The molecular formula is C30H26O8. The van der Waals surface area contributed by atoms with Gasteiger partial charge in [0.1, 0.15) is 0 Å². The molecule has 0 atom stereocenters. The van der Waals surface area contributed by atoms with E-state index in [2.05, 4.69) is 38.2 Å². The molecule has 0 saturated carbocycles. The van der Waals surface area contributed by atoms with Gasteiger partial charge in [-0.1, -0.05) is 38.2 Å². The van der Waals surface area contributed by atoms with Crippen molar-refractivity contribution < 1.29 is 38.1 Å². The van der Waals surface area contributed by atoms with Gasteiger partial charge < -0.3 is 18.9 Å². The number of carbonyl (C=O) groups excluding carboxylic acids is 4. The molecule has 0 unspecified atom stereocenters. The molecule has 8 heteroatoms. The highest BCUT2D eigenvalue weighted by Gasteiger charge is 2.17. The van der Waals surface area contributed by atoms with Gasteiger partial charge in [0.15, 0.2) is 23.0 Å². The van der Waals surface area contributed by atoms with Crippen LogP contribution in [0.3, 0.4) is 0 Å². The molecule has 0 spiro atoms. The minimum absolute atomic E-state index is 0.00387. The normalized spacial score (nSPS) is 9.68. The Bertz CT molecular complexity index is 1340. The molecule has 2 aromatic rings. The fraction of sp³-hybridized carbons (Fsp3) is 0.133. The third-order valence-corrected chi connectivity index (χ3v) is 4.44. The van der Waals surface area contributed by atoms with Crippen LogP contribution < -0.4 is 18.9 Å². The average molecular weight is 515 g/mol. The van der Waals surface area contributed by atoms with Crippen molar-refractivity contribution >= 4 is 23.9 Å². The van der Waals surface area contributed by atoms with Gasteiger partial charge >= 0.3 is 23.9 Å². The first-order valence-electron chi connectivity index (χ1n) is 11.1. The number of hydrogen-bond donors (Lipinski definition) is 0. The van der Waals surface area contributed by atoms with Gasteiger partial charge in [-0.05, 0) is 52.0 Å². The van der Waals surface area contributed by atoms with Gasteiger partial charge in [-0.25, -0.2) is 19.2 Å². The number of ether oxygens (including phenoxy) is 4. The number of rotatable bonds is 8. The number of esters is 4. The van der Waals surface area contributed by atoms with Crippen LogP contribution in [0.2, 0.25) is 0 Å². The minimum atomic E-state index is -0.716. The number of benzene rings is 2. The van der Waals surface area contributed by atoms with Gasteiger partial charge in [0.2, 0.25) is 0 Å². The first kappa shape index (κ1) is 29.1. The molecule has 8 nitrogen and oxygen atoms in total. The van der Waals surface area contributed by atoms with E-state index in [0.29, 0.717) is 11.1 Å². The lowest BCUT2D eigenvalue weighted by Crippen LogP contribution is -2.13. The second-order valence-corrected chi connectivity index (χ2v) is 8.25. The summed E-state index contributed by atoms with van der Waals surface area (Å²) in [5, 5.41) is 0. The average Bonchev–Trinajstić information content (AvgIpc) is 2.84. The summed E-state index contributed by atoms with van der Waals surface area (Å²) < 4.78 is 21.1. The number of hydrogen-bond acceptors (Lipinski definition) is 8. The maximum atomic E-state index is 12.1. The van der Waals surface area contributed by atoms with Crippen LogP contribution in [0.1, 0.15) is 38.8 Å². The standard InChI is InChI=1S/C30H26O8/c1-17(2)27(31)35-23-13-11-21(15-25(23)37-29(33)19(5)6)9-10-22-12-14-24(36-28(32)18(3)4)26(16-22)38-30(34)20(7)8/h11-16H,1,3,5,7H2,2,4,6,8H3. The first-order chi connectivity index (χ1) is 17.8. The lowest BCUT2D eigenvalue weighted by atomic mass is 10.1. The quantitative estimate of drug-likeness (QED) is 0.209. The Hall–Kier alpha value is -5.16. The summed E-state index contributed by atoms with van der Waals surface area (Å²) in [5.74, 6) is 2.86. The SMILES string of the molecule is C=C(C)C(=O)Oc1ccc(C#Cc2ccc(OC(=O)C(=C)C)c(OC(=O)C(=C)C)c2)cc1OC(=O)C(=C)C. The maximum Gasteiger partial charge on any atom is 0.338 e. The lowest BCUT2D eigenvalue weighted by Gasteiger charge is -2.11. The van der Waals surface area contributed by atoms with Crippen LogP contribution in [0, 0.1) is 11.8 Å². The molecule has 2 rings (SSSR count). The van der Waals surface area contributed by atoms with E-state index in [1.165, 1.54) is 52.0 Å². The van der Waals surface area contributed by atoms with E-state index in [9.17, 15) is 19.2 Å². The zero-order valence-corrected chi connectivity index (χ0v) is 21.6. The summed E-state index contributed by atoms with van der Waals surface area (Å²) in [6, 6.07) is 8.78. The van der Waals surface area contributed by atoms with E-state index in [1.54, 1.807) is 12.1 Å². The Kier molecular flexibility index (Phi) is 9.71. The van der Waals surface area contributed by atoms with Crippen LogP contribution in [-0.4, -0.2) is 23.9 Å². The summed E-state index contributed by atoms with van der Waals surface area (Å²) in [4.78, 5) is 48.1. The van der Waals surface area contributed by atoms with Crippen LogP contribution in [0.15, 0.2) is 85.0 Å². The van der Waals surface area contributed by atoms with E-state index in [1.807, 2.05) is 0 Å². The second kappa shape index (κ2) is 12.7. The molecule has 0 N–H and O–H groups in total. The molecule has 0 aliphatic heterocycles. The van der Waals surface area contributed by atoms with E-state index >= 15 is 0 Å². The van der Waals surface area contributed by atoms with Crippen molar-refractivity contribution in [1.29, 1.82) is 0 Å². The molecule has 0 aliphatic rings. The van der Waals surface area contributed by atoms with E-state index in [4.69, 9.17) is 18.9 Å². The van der Waals surface area contributed by atoms with Gasteiger partial charge in [-0.15, -0.1) is 0 Å². The van der Waals surface area contributed by atoms with Crippen LogP contribution in [0.25, 0.3) is 0 Å². The van der Waals surface area contributed by atoms with E-state index < -0.39 is 23.9 Å². The Morgan fingerprint density at radius 3 is 1.03 bits per heavy atom. The predicted octanol–water partition coefficient (Wildman–Crippen LogP) is 5.01. The molecule has 0 heterocycles. The van der Waals surface area contributed by atoms with Crippen molar-refractivity contribution in [3.63, 3.8) is 0 Å². The monoisotopic (exact) mass is 514 g/mol. The summed E-state index contributed by atoms with van der Waals surface area (Å²) in [5.41, 5.74) is 1.41. The Morgan fingerprint density at radius 2 is 0.763 bits per heavy atom. The van der Waals surface area contributed by atoms with Crippen molar-refractivity contribution in [2.45, 2.75) is 27.7 Å². The molecule has 0 aliphatic carbocycles. The van der Waals surface area contributed by atoms with Crippen LogP contribution in [0.5, 0.6) is 23.0 Å². The highest BCUT2D eigenvalue weighted by atomic mass is 16.6. The highest BCUT2D eigenvalue weighted by molar-refractivity contribution is 5.92. The predicted molar refractivity (Wildman–Crippen MR) is 141 cm³/mol. The second-order valence-electron chi connectivity index (χ2n) is 8.25. The van der Waals surface area contributed by atoms with Crippen molar-refractivity contribution in [3.8, 4) is 34.8 Å². The number of carbonyl (C=O) groups is 4. The van der Waals surface area contributed by atoms with Gasteiger partial charge in [0.05, 0.1) is 0 Å². The van der Waals surface area contributed by atoms with Crippen molar-refractivity contribution in [3.05, 3.63) is 96.1 Å². The van der Waals surface area contributed by atoms with E-state index in [-0.39, 0.29) is 45.3 Å². The summed E-state index contributed by atoms with van der Waals surface area (Å²) in [6.45, 7) is 20.0. The zero-order chi connectivity index (χ0) is 28.6. The van der Waals surface area contributed by atoms with Gasteiger partial charge in [0, 0.05) is 45.6 Å². The Balaban J connectivity index is 2.47. The molecule has 0 fully saturated rings. The van der Waals surface area contributed by atoms with E-state index in [0.717, 1.165) is 0 Å². The molecule has 38 heavy (non-hydrogen) atoms. The zero-order valence-electron chi connectivity index (χ0n) is 21.6. The fourth-order valence-corrected chi connectivity index (χ4v) is 2.39. The minimum Gasteiger partial charge on any atom is -0.419 e. The molecule has 194 valence electrons. The van der Waals surface area contributed by atoms with Crippen LogP contribution in [-0.2, 0) is 19.2 Å². The van der Waals surface area contributed by atoms with Gasteiger partial charge in [0.25, 0.3) is 0 Å². The van der Waals surface area contributed by atoms with Gasteiger partial charge in [-0.2, -0.15) is 0 Å². The molecule has 0 aromatic heterocycles. The largest absolute Gasteiger partial charge is 0.419 e. The molecule has 0 amide bonds. The fourth-order valence-electron chi connectivity index (χ4n) is 2.39. The summed E-state index contributed by atoms with van der Waals surface area (Å²) >= 11 is 0. The Morgan fingerprint density at radius 1 is 0.500 bits per heavy atom. The summed E-state index contributed by atoms with van der Waals surface area (Å²) in [6.07, 6.45) is 0. The molecular weight excluding hydrogens is 488 g/mol. The molecule has 0 radical (unpaired) electrons. The molecule has 0 saturated heterocycles. The lowest BCUT2D eigenvalue weighted by molar-refractivity contribution is -0.132. The summed E-state index contributed by atoms with van der Waals surface area (Å²) in [7, 11) is 0. The highest BCUT2D eigenvalue weighted by Crippen LogP contribution is 2.31. The molecule has 2 aromatic carbocycles. The van der Waals surface area contributed by atoms with Crippen molar-refractivity contribution in [1.82, 2.24) is 0 Å². The smallest absolute Gasteiger partial charge is 0.338 e. The van der Waals surface area contributed by atoms with Crippen molar-refractivity contribution in [2.75, 3.05) is 0 Å². The van der Waals surface area contributed by atoms with Crippen molar-refractivity contribution in [2.24, 2.45) is 0 Å². The van der Waals surface area contributed by atoms with Gasteiger partial charge in [-0.3, -0.25) is 0 Å². The topological polar surface area (TPSA) is 105 Å². The first-order valence-corrected chi connectivity index (χ1v) is 11.1. The molecule has 0 bridgehead atoms. The Labute approximate surface area is 220 Å². The van der Waals surface area contributed by atoms with Crippen LogP contribution in [0.4, 0.5) is 0 Å².